The van der Waals surface area contributed by atoms with E-state index in [0.717, 1.165) is 37.2 Å². The van der Waals surface area contributed by atoms with Crippen LogP contribution >= 0.6 is 0 Å². The Bertz CT molecular complexity index is 983. The van der Waals surface area contributed by atoms with Gasteiger partial charge in [-0.2, -0.15) is 4.98 Å². The second-order valence-corrected chi connectivity index (χ2v) is 7.82. The number of hydrogen-bond acceptors (Lipinski definition) is 7. The maximum atomic E-state index is 12.5. The Labute approximate surface area is 187 Å². The van der Waals surface area contributed by atoms with Crippen LogP contribution in [0.15, 0.2) is 59.1 Å². The van der Waals surface area contributed by atoms with Crippen LogP contribution in [0.1, 0.15) is 30.1 Å². The predicted octanol–water partition coefficient (Wildman–Crippen LogP) is 3.19. The summed E-state index contributed by atoms with van der Waals surface area (Å²) in [7, 11) is 1.62. The van der Waals surface area contributed by atoms with Crippen molar-refractivity contribution in [3.05, 3.63) is 71.9 Å². The second kappa shape index (κ2) is 10.8. The molecule has 1 aliphatic rings. The van der Waals surface area contributed by atoms with Crippen LogP contribution in [-0.2, 0) is 24.5 Å². The Morgan fingerprint density at radius 3 is 2.53 bits per heavy atom. The number of aromatic nitrogens is 2. The van der Waals surface area contributed by atoms with Crippen molar-refractivity contribution in [2.45, 2.75) is 32.5 Å². The molecule has 2 heterocycles. The molecule has 32 heavy (non-hydrogen) atoms. The van der Waals surface area contributed by atoms with Crippen molar-refractivity contribution in [1.82, 2.24) is 20.4 Å². The summed E-state index contributed by atoms with van der Waals surface area (Å²) in [6.45, 7) is 3.03. The van der Waals surface area contributed by atoms with Gasteiger partial charge in [0.1, 0.15) is 11.5 Å². The molecule has 4 rings (SSSR count). The van der Waals surface area contributed by atoms with Gasteiger partial charge in [0.2, 0.25) is 17.6 Å². The van der Waals surface area contributed by atoms with Gasteiger partial charge in [0, 0.05) is 12.5 Å². The molecular weight excluding hydrogens is 408 g/mol. The van der Waals surface area contributed by atoms with Crippen LogP contribution in [-0.4, -0.2) is 41.1 Å². The van der Waals surface area contributed by atoms with Gasteiger partial charge in [0.05, 0.1) is 13.7 Å². The first-order chi connectivity index (χ1) is 15.7. The zero-order chi connectivity index (χ0) is 22.2. The zero-order valence-electron chi connectivity index (χ0n) is 18.2. The molecule has 1 aliphatic heterocycles. The molecule has 0 aliphatic carbocycles. The lowest BCUT2D eigenvalue weighted by Crippen LogP contribution is -2.40. The minimum absolute atomic E-state index is 0.0473. The number of benzene rings is 2. The molecule has 0 saturated carbocycles. The number of amides is 1. The topological polar surface area (TPSA) is 89.7 Å². The minimum Gasteiger partial charge on any atom is -0.497 e. The van der Waals surface area contributed by atoms with E-state index < -0.39 is 0 Å². The van der Waals surface area contributed by atoms with E-state index in [2.05, 4.69) is 20.4 Å². The van der Waals surface area contributed by atoms with Crippen molar-refractivity contribution in [1.29, 1.82) is 0 Å². The second-order valence-electron chi connectivity index (χ2n) is 7.82. The minimum atomic E-state index is 0.0473. The molecule has 3 aromatic rings. The van der Waals surface area contributed by atoms with Crippen molar-refractivity contribution in [3.63, 3.8) is 0 Å². The van der Waals surface area contributed by atoms with E-state index in [9.17, 15) is 4.79 Å². The van der Waals surface area contributed by atoms with Crippen molar-refractivity contribution < 1.29 is 18.8 Å². The van der Waals surface area contributed by atoms with Gasteiger partial charge in [-0.15, -0.1) is 0 Å². The third-order valence-corrected chi connectivity index (χ3v) is 5.56. The average Bonchev–Trinajstić information content (AvgIpc) is 3.30. The number of likely N-dealkylation sites (tertiary alicyclic amines) is 1. The molecular formula is C24H28N4O4. The highest BCUT2D eigenvalue weighted by Gasteiger charge is 2.25. The zero-order valence-corrected chi connectivity index (χ0v) is 18.2. The van der Waals surface area contributed by atoms with Crippen LogP contribution in [0.2, 0.25) is 0 Å². The summed E-state index contributed by atoms with van der Waals surface area (Å²) in [6, 6.07) is 17.3. The summed E-state index contributed by atoms with van der Waals surface area (Å²) in [6.07, 6.45) is 1.64. The number of methoxy groups -OCH3 is 1. The number of nitrogens with zero attached hydrogens (tertiary/aromatic N) is 3. The molecule has 1 aromatic heterocycles. The Kier molecular flexibility index (Phi) is 7.34. The van der Waals surface area contributed by atoms with Crippen molar-refractivity contribution in [2.24, 2.45) is 5.92 Å². The van der Waals surface area contributed by atoms with Crippen LogP contribution in [0.4, 0.5) is 0 Å². The van der Waals surface area contributed by atoms with E-state index in [4.69, 9.17) is 14.0 Å². The number of piperidine rings is 1. The van der Waals surface area contributed by atoms with E-state index >= 15 is 0 Å². The molecule has 0 spiro atoms. The SMILES string of the molecule is COc1ccc(OCc2noc(CN3CCC(C(=O)NCc4ccccc4)CC3)n2)cc1. The third kappa shape index (κ3) is 6.07. The summed E-state index contributed by atoms with van der Waals surface area (Å²) in [5.41, 5.74) is 1.11. The quantitative estimate of drug-likeness (QED) is 0.551. The highest BCUT2D eigenvalue weighted by molar-refractivity contribution is 5.78. The van der Waals surface area contributed by atoms with Gasteiger partial charge >= 0.3 is 0 Å². The fourth-order valence-corrected chi connectivity index (χ4v) is 3.71. The lowest BCUT2D eigenvalue weighted by Gasteiger charge is -2.30. The van der Waals surface area contributed by atoms with E-state index in [1.165, 1.54) is 0 Å². The van der Waals surface area contributed by atoms with E-state index in [1.807, 2.05) is 54.6 Å². The third-order valence-electron chi connectivity index (χ3n) is 5.56. The highest BCUT2D eigenvalue weighted by Crippen LogP contribution is 2.20. The van der Waals surface area contributed by atoms with Crippen LogP contribution in [0.5, 0.6) is 11.5 Å². The maximum absolute atomic E-state index is 12.5. The summed E-state index contributed by atoms with van der Waals surface area (Å²) in [5.74, 6) is 2.73. The molecule has 0 radical (unpaired) electrons. The van der Waals surface area contributed by atoms with Gasteiger partial charge in [-0.05, 0) is 55.8 Å². The number of ether oxygens (including phenoxy) is 2. The summed E-state index contributed by atoms with van der Waals surface area (Å²) >= 11 is 0. The van der Waals surface area contributed by atoms with Crippen molar-refractivity contribution >= 4 is 5.91 Å². The van der Waals surface area contributed by atoms with E-state index in [-0.39, 0.29) is 18.4 Å². The number of nitrogens with one attached hydrogen (secondary N) is 1. The number of hydrogen-bond donors (Lipinski definition) is 1. The van der Waals surface area contributed by atoms with Gasteiger partial charge in [0.15, 0.2) is 6.61 Å². The molecule has 168 valence electrons. The normalized spacial score (nSPS) is 14.8. The molecule has 0 bridgehead atoms. The maximum Gasteiger partial charge on any atom is 0.240 e. The van der Waals surface area contributed by atoms with Crippen molar-refractivity contribution in [3.8, 4) is 11.5 Å². The van der Waals surface area contributed by atoms with Gasteiger partial charge in [-0.1, -0.05) is 35.5 Å². The Morgan fingerprint density at radius 1 is 1.09 bits per heavy atom. The molecule has 0 unspecified atom stereocenters. The van der Waals surface area contributed by atoms with Crippen LogP contribution in [0.3, 0.4) is 0 Å². The lowest BCUT2D eigenvalue weighted by atomic mass is 9.96. The summed E-state index contributed by atoms with van der Waals surface area (Å²) < 4.78 is 16.2. The first-order valence-corrected chi connectivity index (χ1v) is 10.8. The molecule has 1 amide bonds. The average molecular weight is 437 g/mol. The van der Waals surface area contributed by atoms with Crippen LogP contribution in [0.25, 0.3) is 0 Å². The van der Waals surface area contributed by atoms with Crippen molar-refractivity contribution in [2.75, 3.05) is 20.2 Å². The van der Waals surface area contributed by atoms with Crippen LogP contribution in [0, 0.1) is 5.92 Å². The first kappa shape index (κ1) is 21.8. The molecule has 1 saturated heterocycles. The molecule has 8 heteroatoms. The number of carbonyl (C=O) groups excluding carboxylic acids is 1. The largest absolute Gasteiger partial charge is 0.497 e. The van der Waals surface area contributed by atoms with Gasteiger partial charge < -0.3 is 19.3 Å². The molecule has 0 atom stereocenters. The van der Waals surface area contributed by atoms with E-state index in [0.29, 0.717) is 30.6 Å². The fourth-order valence-electron chi connectivity index (χ4n) is 3.71. The van der Waals surface area contributed by atoms with Gasteiger partial charge in [0.25, 0.3) is 0 Å². The smallest absolute Gasteiger partial charge is 0.240 e. The van der Waals surface area contributed by atoms with Gasteiger partial charge in [-0.25, -0.2) is 0 Å². The molecule has 2 aromatic carbocycles. The van der Waals surface area contributed by atoms with E-state index in [1.54, 1.807) is 7.11 Å². The number of rotatable bonds is 9. The standard InChI is InChI=1S/C24H28N4O4/c1-30-20-7-9-21(10-8-20)31-17-22-26-23(32-27-22)16-28-13-11-19(12-14-28)24(29)25-15-18-5-3-2-4-6-18/h2-10,19H,11-17H2,1H3,(H,25,29). The molecule has 1 fully saturated rings. The summed E-state index contributed by atoms with van der Waals surface area (Å²) in [5, 5.41) is 7.05. The predicted molar refractivity (Wildman–Crippen MR) is 118 cm³/mol. The molecule has 8 nitrogen and oxygen atoms in total. The highest BCUT2D eigenvalue weighted by atomic mass is 16.5. The van der Waals surface area contributed by atoms with Crippen LogP contribution < -0.4 is 14.8 Å². The Balaban J connectivity index is 1.18. The lowest BCUT2D eigenvalue weighted by molar-refractivity contribution is -0.126. The van der Waals surface area contributed by atoms with Gasteiger partial charge in [-0.3, -0.25) is 9.69 Å². The summed E-state index contributed by atoms with van der Waals surface area (Å²) in [4.78, 5) is 19.1. The number of carbonyl (C=O) groups is 1. The Morgan fingerprint density at radius 2 is 1.81 bits per heavy atom. The Hall–Kier alpha value is -3.39. The monoisotopic (exact) mass is 436 g/mol. The fraction of sp³-hybridized carbons (Fsp3) is 0.375. The first-order valence-electron chi connectivity index (χ1n) is 10.8. The molecule has 1 N–H and O–H groups in total.